The second-order valence-electron chi connectivity index (χ2n) is 6.30. The first-order valence-electron chi connectivity index (χ1n) is 9.60. The van der Waals surface area contributed by atoms with Crippen LogP contribution in [0, 0.1) is 0 Å². The van der Waals surface area contributed by atoms with Gasteiger partial charge in [-0.15, -0.1) is 8.78 Å². The van der Waals surface area contributed by atoms with E-state index in [4.69, 9.17) is 0 Å². The van der Waals surface area contributed by atoms with Gasteiger partial charge < -0.3 is 24.8 Å². The molecule has 1 aliphatic rings. The van der Waals surface area contributed by atoms with Gasteiger partial charge in [0.25, 0.3) is 0 Å². The quantitative estimate of drug-likeness (QED) is 0.594. The number of pyridine rings is 1. The summed E-state index contributed by atoms with van der Waals surface area (Å²) in [6, 6.07) is 5.69. The summed E-state index contributed by atoms with van der Waals surface area (Å²) in [7, 11) is 0. The molecule has 1 atom stereocenters. The van der Waals surface area contributed by atoms with E-state index in [9.17, 15) is 26.7 Å². The summed E-state index contributed by atoms with van der Waals surface area (Å²) in [5, 5.41) is 5.06. The lowest BCUT2D eigenvalue weighted by Crippen LogP contribution is -2.36. The monoisotopic (exact) mass is 463 g/mol. The van der Waals surface area contributed by atoms with Crippen LogP contribution < -0.4 is 24.8 Å². The topological polar surface area (TPSA) is 81.7 Å². The summed E-state index contributed by atoms with van der Waals surface area (Å²) in [4.78, 5) is 15.8. The maximum atomic E-state index is 13.3. The second-order valence-corrected chi connectivity index (χ2v) is 6.30. The summed E-state index contributed by atoms with van der Waals surface area (Å²) in [6.07, 6.45) is -7.04. The second kappa shape index (κ2) is 10.3. The highest BCUT2D eigenvalue weighted by atomic mass is 19.4. The van der Waals surface area contributed by atoms with Gasteiger partial charge in [-0.1, -0.05) is 26.0 Å². The molecule has 0 bridgehead atoms. The van der Waals surface area contributed by atoms with E-state index in [2.05, 4.69) is 29.8 Å². The molecule has 32 heavy (non-hydrogen) atoms. The molecule has 2 amide bonds. The number of nitrogens with one attached hydrogen (secondary N) is 2. The lowest BCUT2D eigenvalue weighted by molar-refractivity contribution is -0.287. The fourth-order valence-corrected chi connectivity index (χ4v) is 2.63. The van der Waals surface area contributed by atoms with Gasteiger partial charge >= 0.3 is 18.5 Å². The van der Waals surface area contributed by atoms with Crippen LogP contribution >= 0.6 is 0 Å². The third-order valence-electron chi connectivity index (χ3n) is 3.91. The molecule has 0 saturated carbocycles. The van der Waals surface area contributed by atoms with E-state index in [-0.39, 0.29) is 29.5 Å². The standard InChI is InChI=1S/C18H16F5N3O4.C2H6/c1-10(12-3-2-4-13-15(12)30-18(22,23)29-13)26-16(27)25-8-11-5-6-24-14(7-11)28-9-17(19,20)21;1-2/h2-7,10H,8-9H2,1H3,(H2,25,26,27);1-2H3. The predicted octanol–water partition coefficient (Wildman–Crippen LogP) is 4.93. The maximum Gasteiger partial charge on any atom is 0.586 e. The number of hydrogen-bond acceptors (Lipinski definition) is 5. The van der Waals surface area contributed by atoms with Gasteiger partial charge in [-0.3, -0.25) is 0 Å². The fraction of sp³-hybridized carbons (Fsp3) is 0.400. The molecular formula is C20H22F5N3O4. The molecule has 0 fully saturated rings. The van der Waals surface area contributed by atoms with E-state index in [0.717, 1.165) is 0 Å². The molecule has 0 aliphatic carbocycles. The van der Waals surface area contributed by atoms with Crippen LogP contribution in [0.5, 0.6) is 17.4 Å². The Bertz CT molecular complexity index is 924. The zero-order chi connectivity index (χ0) is 23.9. The van der Waals surface area contributed by atoms with Gasteiger partial charge in [-0.2, -0.15) is 13.2 Å². The molecule has 0 radical (unpaired) electrons. The number of nitrogens with zero attached hydrogens (tertiary/aromatic N) is 1. The van der Waals surface area contributed by atoms with Crippen molar-refractivity contribution in [3.05, 3.63) is 47.7 Å². The van der Waals surface area contributed by atoms with Crippen LogP contribution in [0.3, 0.4) is 0 Å². The predicted molar refractivity (Wildman–Crippen MR) is 104 cm³/mol. The SMILES string of the molecule is CC.CC(NC(=O)NCc1ccnc(OCC(F)(F)F)c1)c1cccc2c1OC(F)(F)O2. The minimum Gasteiger partial charge on any atom is -0.468 e. The Kier molecular flexibility index (Phi) is 8.06. The van der Waals surface area contributed by atoms with E-state index in [0.29, 0.717) is 5.56 Å². The van der Waals surface area contributed by atoms with Gasteiger partial charge in [0.2, 0.25) is 5.88 Å². The summed E-state index contributed by atoms with van der Waals surface area (Å²) < 4.78 is 76.6. The largest absolute Gasteiger partial charge is 0.586 e. The molecule has 2 aromatic rings. The minimum atomic E-state index is -4.50. The Hall–Kier alpha value is -3.31. The van der Waals surface area contributed by atoms with Crippen molar-refractivity contribution in [2.45, 2.75) is 45.8 Å². The Labute approximate surface area is 180 Å². The van der Waals surface area contributed by atoms with Crippen LogP contribution in [0.2, 0.25) is 0 Å². The molecule has 3 rings (SSSR count). The zero-order valence-corrected chi connectivity index (χ0v) is 17.4. The summed E-state index contributed by atoms with van der Waals surface area (Å²) in [6.45, 7) is 4.04. The van der Waals surface area contributed by atoms with Crippen LogP contribution in [0.4, 0.5) is 26.7 Å². The maximum absolute atomic E-state index is 13.3. The number of rotatable bonds is 6. The number of para-hydroxylation sites is 1. The van der Waals surface area contributed by atoms with Gasteiger partial charge in [0, 0.05) is 24.4 Å². The summed E-state index contributed by atoms with van der Waals surface area (Å²) >= 11 is 0. The van der Waals surface area contributed by atoms with Crippen molar-refractivity contribution in [1.82, 2.24) is 15.6 Å². The molecule has 176 valence electrons. The Morgan fingerprint density at radius 3 is 2.62 bits per heavy atom. The van der Waals surface area contributed by atoms with Gasteiger partial charge in [0.05, 0.1) is 6.04 Å². The first-order valence-corrected chi connectivity index (χ1v) is 9.60. The lowest BCUT2D eigenvalue weighted by atomic mass is 10.1. The highest BCUT2D eigenvalue weighted by Crippen LogP contribution is 2.44. The number of carbonyl (C=O) groups excluding carboxylic acids is 1. The third-order valence-corrected chi connectivity index (χ3v) is 3.91. The number of hydrogen-bond donors (Lipinski definition) is 2. The highest BCUT2D eigenvalue weighted by molar-refractivity contribution is 5.74. The number of fused-ring (bicyclic) bond motifs is 1. The normalized spacial score (nSPS) is 14.6. The summed E-state index contributed by atoms with van der Waals surface area (Å²) in [5.74, 6) is -0.552. The minimum absolute atomic E-state index is 0.0337. The number of carbonyl (C=O) groups is 1. The first kappa shape index (κ1) is 25.0. The molecule has 1 aliphatic heterocycles. The molecule has 1 unspecified atom stereocenters. The van der Waals surface area contributed by atoms with E-state index in [1.165, 1.54) is 36.5 Å². The van der Waals surface area contributed by atoms with E-state index in [1.54, 1.807) is 6.92 Å². The smallest absolute Gasteiger partial charge is 0.468 e. The van der Waals surface area contributed by atoms with E-state index in [1.807, 2.05) is 13.8 Å². The molecule has 2 N–H and O–H groups in total. The average Bonchev–Trinajstić information content (AvgIpc) is 3.05. The highest BCUT2D eigenvalue weighted by Gasteiger charge is 2.44. The molecule has 2 heterocycles. The lowest BCUT2D eigenvalue weighted by Gasteiger charge is -2.17. The van der Waals surface area contributed by atoms with Crippen LogP contribution in [0.1, 0.15) is 37.9 Å². The van der Waals surface area contributed by atoms with Crippen molar-refractivity contribution in [2.24, 2.45) is 0 Å². The van der Waals surface area contributed by atoms with Crippen molar-refractivity contribution >= 4 is 6.03 Å². The number of ether oxygens (including phenoxy) is 3. The van der Waals surface area contributed by atoms with Crippen molar-refractivity contribution in [1.29, 1.82) is 0 Å². The Balaban J connectivity index is 0.00000176. The number of urea groups is 1. The van der Waals surface area contributed by atoms with Crippen molar-refractivity contribution in [2.75, 3.05) is 6.61 Å². The number of amides is 2. The van der Waals surface area contributed by atoms with Crippen molar-refractivity contribution in [3.8, 4) is 17.4 Å². The van der Waals surface area contributed by atoms with Crippen LogP contribution in [-0.2, 0) is 6.54 Å². The molecular weight excluding hydrogens is 441 g/mol. The number of alkyl halides is 5. The van der Waals surface area contributed by atoms with Gasteiger partial charge in [0.15, 0.2) is 18.1 Å². The molecule has 1 aromatic carbocycles. The van der Waals surface area contributed by atoms with Gasteiger partial charge in [-0.25, -0.2) is 9.78 Å². The van der Waals surface area contributed by atoms with Crippen LogP contribution in [0.15, 0.2) is 36.5 Å². The molecule has 1 aromatic heterocycles. The Morgan fingerprint density at radius 2 is 1.94 bits per heavy atom. The van der Waals surface area contributed by atoms with Crippen molar-refractivity contribution in [3.63, 3.8) is 0 Å². The first-order chi connectivity index (χ1) is 15.0. The third kappa shape index (κ3) is 7.13. The number of aromatic nitrogens is 1. The molecule has 7 nitrogen and oxygen atoms in total. The van der Waals surface area contributed by atoms with E-state index < -0.39 is 31.2 Å². The summed E-state index contributed by atoms with van der Waals surface area (Å²) in [5.41, 5.74) is 0.730. The Morgan fingerprint density at radius 1 is 1.22 bits per heavy atom. The number of halogens is 5. The molecule has 0 spiro atoms. The van der Waals surface area contributed by atoms with Crippen molar-refractivity contribution < 1.29 is 41.0 Å². The number of benzene rings is 1. The molecule has 12 heteroatoms. The molecule has 0 saturated heterocycles. The average molecular weight is 463 g/mol. The zero-order valence-electron chi connectivity index (χ0n) is 17.4. The van der Waals surface area contributed by atoms with E-state index >= 15 is 0 Å². The van der Waals surface area contributed by atoms with Crippen LogP contribution in [0.25, 0.3) is 0 Å². The van der Waals surface area contributed by atoms with Crippen LogP contribution in [-0.4, -0.2) is 30.1 Å². The van der Waals surface area contributed by atoms with Gasteiger partial charge in [-0.05, 0) is 24.6 Å². The van der Waals surface area contributed by atoms with Gasteiger partial charge in [0.1, 0.15) is 0 Å². The fourth-order valence-electron chi connectivity index (χ4n) is 2.63.